The lowest BCUT2D eigenvalue weighted by Crippen LogP contribution is -2.29. The van der Waals surface area contributed by atoms with Crippen LogP contribution in [0.1, 0.15) is 33.6 Å². The number of hydrogen-bond donors (Lipinski definition) is 0. The molecule has 14 heavy (non-hydrogen) atoms. The highest BCUT2D eigenvalue weighted by molar-refractivity contribution is 5.76. The molecular weight excluding hydrogens is 184 g/mol. The maximum Gasteiger partial charge on any atom is 0.306 e. The minimum absolute atomic E-state index is 0.0611. The molecule has 4 heteroatoms. The molecule has 0 aromatic rings. The molecule has 0 aromatic heterocycles. The third-order valence-corrected chi connectivity index (χ3v) is 2.49. The van der Waals surface area contributed by atoms with Crippen molar-refractivity contribution >= 4 is 11.9 Å². The van der Waals surface area contributed by atoms with E-state index in [1.165, 1.54) is 0 Å². The molecule has 0 N–H and O–H groups in total. The number of rotatable bonds is 3. The predicted molar refractivity (Wildman–Crippen MR) is 49.5 cm³/mol. The molecule has 1 heterocycles. The molecule has 1 aliphatic rings. The minimum atomic E-state index is -0.538. The molecule has 0 radical (unpaired) electrons. The molecule has 1 rings (SSSR count). The summed E-state index contributed by atoms with van der Waals surface area (Å²) < 4.78 is 9.92. The lowest BCUT2D eigenvalue weighted by molar-refractivity contribution is -0.150. The van der Waals surface area contributed by atoms with Gasteiger partial charge in [0.25, 0.3) is 0 Å². The first-order chi connectivity index (χ1) is 6.45. The maximum atomic E-state index is 11.2. The van der Waals surface area contributed by atoms with E-state index >= 15 is 0 Å². The summed E-state index contributed by atoms with van der Waals surface area (Å²) in [7, 11) is 0. The van der Waals surface area contributed by atoms with Crippen molar-refractivity contribution in [3.63, 3.8) is 0 Å². The Morgan fingerprint density at radius 1 is 1.64 bits per heavy atom. The first-order valence-electron chi connectivity index (χ1n) is 4.83. The van der Waals surface area contributed by atoms with E-state index in [1.807, 2.05) is 13.8 Å². The molecule has 80 valence electrons. The first-order valence-corrected chi connectivity index (χ1v) is 4.83. The highest BCUT2D eigenvalue weighted by Crippen LogP contribution is 2.34. The summed E-state index contributed by atoms with van der Waals surface area (Å²) >= 11 is 0. The van der Waals surface area contributed by atoms with Crippen LogP contribution in [0.25, 0.3) is 0 Å². The van der Waals surface area contributed by atoms with Crippen LogP contribution in [-0.4, -0.2) is 24.1 Å². The van der Waals surface area contributed by atoms with E-state index in [1.54, 1.807) is 6.92 Å². The van der Waals surface area contributed by atoms with Crippen molar-refractivity contribution < 1.29 is 19.1 Å². The number of cyclic esters (lactones) is 1. The second kappa shape index (κ2) is 3.98. The average molecular weight is 200 g/mol. The zero-order valence-electron chi connectivity index (χ0n) is 8.83. The van der Waals surface area contributed by atoms with E-state index in [-0.39, 0.29) is 24.3 Å². The fourth-order valence-electron chi connectivity index (χ4n) is 1.60. The summed E-state index contributed by atoms with van der Waals surface area (Å²) in [5.74, 6) is -0.553. The molecule has 1 fully saturated rings. The van der Waals surface area contributed by atoms with Gasteiger partial charge >= 0.3 is 11.9 Å². The second-order valence-corrected chi connectivity index (χ2v) is 3.99. The fourth-order valence-corrected chi connectivity index (χ4v) is 1.60. The van der Waals surface area contributed by atoms with Crippen LogP contribution < -0.4 is 0 Å². The van der Waals surface area contributed by atoms with E-state index in [2.05, 4.69) is 0 Å². The Bertz CT molecular complexity index is 245. The molecule has 1 saturated heterocycles. The highest BCUT2D eigenvalue weighted by atomic mass is 16.6. The average Bonchev–Trinajstić information content (AvgIpc) is 2.25. The monoisotopic (exact) mass is 200 g/mol. The summed E-state index contributed by atoms with van der Waals surface area (Å²) in [4.78, 5) is 22.2. The molecule has 1 aliphatic heterocycles. The van der Waals surface area contributed by atoms with Crippen LogP contribution in [0.4, 0.5) is 0 Å². The van der Waals surface area contributed by atoms with Crippen molar-refractivity contribution in [2.75, 3.05) is 6.61 Å². The normalized spacial score (nSPS) is 24.5. The van der Waals surface area contributed by atoms with Crippen LogP contribution in [-0.2, 0) is 19.1 Å². The summed E-state index contributed by atoms with van der Waals surface area (Å²) in [6, 6.07) is 0. The van der Waals surface area contributed by atoms with Crippen molar-refractivity contribution in [1.82, 2.24) is 0 Å². The first kappa shape index (κ1) is 11.0. The van der Waals surface area contributed by atoms with Gasteiger partial charge in [-0.3, -0.25) is 9.59 Å². The van der Waals surface area contributed by atoms with Crippen molar-refractivity contribution in [2.45, 2.75) is 39.2 Å². The molecule has 0 amide bonds. The highest BCUT2D eigenvalue weighted by Gasteiger charge is 2.42. The molecule has 0 spiro atoms. The molecule has 0 aliphatic carbocycles. The third-order valence-electron chi connectivity index (χ3n) is 2.49. The second-order valence-electron chi connectivity index (χ2n) is 3.99. The topological polar surface area (TPSA) is 52.6 Å². The minimum Gasteiger partial charge on any atom is -0.466 e. The predicted octanol–water partition coefficient (Wildman–Crippen LogP) is 1.28. The summed E-state index contributed by atoms with van der Waals surface area (Å²) in [6.45, 7) is 5.78. The maximum absolute atomic E-state index is 11.2. The molecule has 0 aromatic carbocycles. The van der Waals surface area contributed by atoms with Crippen molar-refractivity contribution in [3.05, 3.63) is 0 Å². The van der Waals surface area contributed by atoms with Gasteiger partial charge in [0.15, 0.2) is 0 Å². The molecule has 1 atom stereocenters. The Balaban J connectivity index is 2.52. The Morgan fingerprint density at radius 3 is 2.71 bits per heavy atom. The van der Waals surface area contributed by atoms with Gasteiger partial charge in [-0.25, -0.2) is 0 Å². The SMILES string of the molecule is CCOC(=O)CC1CC(=O)OC1(C)C. The quantitative estimate of drug-likeness (QED) is 0.644. The van der Waals surface area contributed by atoms with Crippen LogP contribution in [0.5, 0.6) is 0 Å². The third kappa shape index (κ3) is 2.47. The van der Waals surface area contributed by atoms with Gasteiger partial charge < -0.3 is 9.47 Å². The zero-order valence-corrected chi connectivity index (χ0v) is 8.83. The van der Waals surface area contributed by atoms with Gasteiger partial charge in [0.05, 0.1) is 19.4 Å². The van der Waals surface area contributed by atoms with E-state index < -0.39 is 5.60 Å². The Kier molecular flexibility index (Phi) is 3.13. The number of esters is 2. The Labute approximate surface area is 83.6 Å². The smallest absolute Gasteiger partial charge is 0.306 e. The van der Waals surface area contributed by atoms with E-state index in [0.29, 0.717) is 13.0 Å². The molecule has 4 nitrogen and oxygen atoms in total. The zero-order chi connectivity index (χ0) is 10.8. The number of ether oxygens (including phenoxy) is 2. The standard InChI is InChI=1S/C10H16O4/c1-4-13-8(11)5-7-6-9(12)14-10(7,2)3/h7H,4-6H2,1-3H3. The van der Waals surface area contributed by atoms with Gasteiger partial charge in [0, 0.05) is 5.92 Å². The van der Waals surface area contributed by atoms with E-state index in [0.717, 1.165) is 0 Å². The number of carbonyl (C=O) groups excluding carboxylic acids is 2. The van der Waals surface area contributed by atoms with E-state index in [9.17, 15) is 9.59 Å². The van der Waals surface area contributed by atoms with Crippen LogP contribution in [0, 0.1) is 5.92 Å². The number of hydrogen-bond acceptors (Lipinski definition) is 4. The summed E-state index contributed by atoms with van der Waals surface area (Å²) in [6.07, 6.45) is 0.568. The van der Waals surface area contributed by atoms with Gasteiger partial charge in [-0.1, -0.05) is 0 Å². The fraction of sp³-hybridized carbons (Fsp3) is 0.800. The van der Waals surface area contributed by atoms with Gasteiger partial charge in [0.2, 0.25) is 0 Å². The summed E-state index contributed by atoms with van der Waals surface area (Å²) in [5, 5.41) is 0. The van der Waals surface area contributed by atoms with Gasteiger partial charge in [-0.05, 0) is 20.8 Å². The van der Waals surface area contributed by atoms with Crippen LogP contribution in [0.3, 0.4) is 0 Å². The van der Waals surface area contributed by atoms with Gasteiger partial charge in [-0.15, -0.1) is 0 Å². The lowest BCUT2D eigenvalue weighted by atomic mass is 9.88. The van der Waals surface area contributed by atoms with Crippen LogP contribution in [0.15, 0.2) is 0 Å². The Morgan fingerprint density at radius 2 is 2.29 bits per heavy atom. The van der Waals surface area contributed by atoms with Gasteiger partial charge in [-0.2, -0.15) is 0 Å². The lowest BCUT2D eigenvalue weighted by Gasteiger charge is -2.23. The molecule has 0 saturated carbocycles. The van der Waals surface area contributed by atoms with Crippen LogP contribution in [0.2, 0.25) is 0 Å². The van der Waals surface area contributed by atoms with Gasteiger partial charge in [0.1, 0.15) is 5.60 Å². The number of carbonyl (C=O) groups is 2. The van der Waals surface area contributed by atoms with Crippen molar-refractivity contribution in [3.8, 4) is 0 Å². The van der Waals surface area contributed by atoms with Crippen LogP contribution >= 0.6 is 0 Å². The van der Waals surface area contributed by atoms with Crippen molar-refractivity contribution in [1.29, 1.82) is 0 Å². The molecular formula is C10H16O4. The molecule has 0 bridgehead atoms. The van der Waals surface area contributed by atoms with E-state index in [4.69, 9.17) is 9.47 Å². The largest absolute Gasteiger partial charge is 0.466 e. The summed E-state index contributed by atoms with van der Waals surface area (Å²) in [5.41, 5.74) is -0.538. The molecule has 1 unspecified atom stereocenters. The Hall–Kier alpha value is -1.06. The van der Waals surface area contributed by atoms with Crippen molar-refractivity contribution in [2.24, 2.45) is 5.92 Å².